The Balaban J connectivity index is 1.91. The number of aromatic nitrogens is 3. The van der Waals surface area contributed by atoms with Crippen LogP contribution in [0.5, 0.6) is 5.75 Å². The van der Waals surface area contributed by atoms with Crippen molar-refractivity contribution in [3.05, 3.63) is 35.1 Å². The van der Waals surface area contributed by atoms with Crippen molar-refractivity contribution >= 4 is 54.0 Å². The molecule has 0 aliphatic carbocycles. The van der Waals surface area contributed by atoms with Crippen molar-refractivity contribution in [3.8, 4) is 5.75 Å². The normalized spacial score (nSPS) is 11.5. The highest BCUT2D eigenvalue weighted by molar-refractivity contribution is 7.91. The number of fused-ring (bicyclic) bond motifs is 1. The van der Waals surface area contributed by atoms with Gasteiger partial charge in [-0.3, -0.25) is 10.1 Å². The van der Waals surface area contributed by atoms with Crippen molar-refractivity contribution < 1.29 is 17.9 Å². The smallest absolute Gasteiger partial charge is 0.277 e. The molecule has 0 atom stereocenters. The predicted octanol–water partition coefficient (Wildman–Crippen LogP) is 2.79. The molecule has 3 rings (SSSR count). The molecule has 1 N–H and O–H groups in total. The molecule has 136 valence electrons. The fraction of sp³-hybridized carbons (Fsp3) is 0.200. The van der Waals surface area contributed by atoms with Crippen LogP contribution in [0.4, 0.5) is 5.13 Å². The van der Waals surface area contributed by atoms with Crippen molar-refractivity contribution in [1.82, 2.24) is 15.0 Å². The maximum Gasteiger partial charge on any atom is 0.277 e. The van der Waals surface area contributed by atoms with Crippen LogP contribution in [0.2, 0.25) is 5.02 Å². The Morgan fingerprint density at radius 3 is 2.81 bits per heavy atom. The predicted molar refractivity (Wildman–Crippen MR) is 98.9 cm³/mol. The van der Waals surface area contributed by atoms with Crippen molar-refractivity contribution in [3.63, 3.8) is 0 Å². The number of halogens is 1. The second-order valence-electron chi connectivity index (χ2n) is 5.06. The lowest BCUT2D eigenvalue weighted by molar-refractivity contribution is 0.102. The molecule has 0 aliphatic rings. The van der Waals surface area contributed by atoms with Gasteiger partial charge < -0.3 is 4.74 Å². The van der Waals surface area contributed by atoms with Crippen LogP contribution in [0.15, 0.2) is 29.6 Å². The minimum Gasteiger partial charge on any atom is -0.497 e. The quantitative estimate of drug-likeness (QED) is 0.641. The Labute approximate surface area is 158 Å². The van der Waals surface area contributed by atoms with Crippen molar-refractivity contribution in [2.45, 2.75) is 12.1 Å². The lowest BCUT2D eigenvalue weighted by Gasteiger charge is -2.05. The molecule has 11 heteroatoms. The van der Waals surface area contributed by atoms with Gasteiger partial charge in [0.1, 0.15) is 5.75 Å². The summed E-state index contributed by atoms with van der Waals surface area (Å²) < 4.78 is 29.8. The third kappa shape index (κ3) is 3.62. The van der Waals surface area contributed by atoms with E-state index in [4.69, 9.17) is 16.3 Å². The first kappa shape index (κ1) is 18.5. The number of sulfone groups is 1. The highest BCUT2D eigenvalue weighted by atomic mass is 35.5. The number of carbonyl (C=O) groups excluding carboxylic acids is 1. The number of thiazole rings is 1. The van der Waals surface area contributed by atoms with E-state index in [0.29, 0.717) is 16.4 Å². The van der Waals surface area contributed by atoms with Gasteiger partial charge in [0, 0.05) is 0 Å². The van der Waals surface area contributed by atoms with E-state index in [1.807, 2.05) is 0 Å². The zero-order valence-corrected chi connectivity index (χ0v) is 16.1. The molecule has 1 aromatic carbocycles. The summed E-state index contributed by atoms with van der Waals surface area (Å²) >= 11 is 7.20. The molecule has 8 nitrogen and oxygen atoms in total. The number of carbonyl (C=O) groups is 1. The van der Waals surface area contributed by atoms with Crippen LogP contribution in [-0.2, 0) is 9.84 Å². The third-order valence-corrected chi connectivity index (χ3v) is 6.13. The molecule has 0 saturated carbocycles. The van der Waals surface area contributed by atoms with Gasteiger partial charge in [0.15, 0.2) is 10.8 Å². The van der Waals surface area contributed by atoms with Crippen LogP contribution in [0.25, 0.3) is 10.2 Å². The van der Waals surface area contributed by atoms with Crippen LogP contribution in [0, 0.1) is 0 Å². The molecule has 0 saturated heterocycles. The first-order chi connectivity index (χ1) is 12.3. The minimum absolute atomic E-state index is 0.0552. The van der Waals surface area contributed by atoms with Crippen LogP contribution in [0.1, 0.15) is 17.4 Å². The Bertz CT molecular complexity index is 1100. The molecule has 0 bridgehead atoms. The largest absolute Gasteiger partial charge is 0.497 e. The van der Waals surface area contributed by atoms with Crippen molar-refractivity contribution in [2.75, 3.05) is 18.2 Å². The second-order valence-corrected chi connectivity index (χ2v) is 8.67. The Kier molecular flexibility index (Phi) is 5.08. The van der Waals surface area contributed by atoms with E-state index in [1.54, 1.807) is 25.3 Å². The molecule has 0 radical (unpaired) electrons. The van der Waals surface area contributed by atoms with E-state index in [9.17, 15) is 13.2 Å². The summed E-state index contributed by atoms with van der Waals surface area (Å²) in [5.41, 5.74) is 0.458. The minimum atomic E-state index is -3.66. The fourth-order valence-electron chi connectivity index (χ4n) is 2.03. The van der Waals surface area contributed by atoms with Gasteiger partial charge in [0.25, 0.3) is 5.91 Å². The molecule has 26 heavy (non-hydrogen) atoms. The molecule has 0 spiro atoms. The Hall–Kier alpha value is -2.30. The van der Waals surface area contributed by atoms with Crippen LogP contribution in [0.3, 0.4) is 0 Å². The molecule has 2 heterocycles. The van der Waals surface area contributed by atoms with E-state index in [1.165, 1.54) is 18.3 Å². The summed E-state index contributed by atoms with van der Waals surface area (Å²) in [5.74, 6) is -0.182. The number of benzene rings is 1. The Morgan fingerprint density at radius 1 is 1.35 bits per heavy atom. The second kappa shape index (κ2) is 7.14. The van der Waals surface area contributed by atoms with E-state index in [2.05, 4.69) is 20.3 Å². The lowest BCUT2D eigenvalue weighted by atomic mass is 10.3. The van der Waals surface area contributed by atoms with Crippen LogP contribution < -0.4 is 10.1 Å². The molecule has 2 aromatic heterocycles. The number of hydrogen-bond donors (Lipinski definition) is 1. The maximum atomic E-state index is 12.5. The fourth-order valence-corrected chi connectivity index (χ4v) is 3.80. The van der Waals surface area contributed by atoms with Gasteiger partial charge in [-0.25, -0.2) is 23.4 Å². The number of rotatable bonds is 5. The van der Waals surface area contributed by atoms with Gasteiger partial charge in [-0.15, -0.1) is 0 Å². The summed E-state index contributed by atoms with van der Waals surface area (Å²) in [4.78, 5) is 24.3. The van der Waals surface area contributed by atoms with Gasteiger partial charge in [-0.1, -0.05) is 29.9 Å². The number of anilines is 1. The molecular formula is C15H13ClN4O4S2. The Morgan fingerprint density at radius 2 is 2.12 bits per heavy atom. The standard InChI is InChI=1S/C15H13ClN4O4S2/c1-3-26(22,23)15-17-7-9(16)12(19-15)13(21)20-14-18-10-5-4-8(24-2)6-11(10)25-14/h4-7H,3H2,1-2H3,(H,18,20,21). The van der Waals surface area contributed by atoms with Gasteiger partial charge in [0.05, 0.1) is 34.3 Å². The number of amides is 1. The van der Waals surface area contributed by atoms with Crippen molar-refractivity contribution in [1.29, 1.82) is 0 Å². The maximum absolute atomic E-state index is 12.5. The van der Waals surface area contributed by atoms with E-state index in [0.717, 1.165) is 10.9 Å². The lowest BCUT2D eigenvalue weighted by Crippen LogP contribution is -2.18. The summed E-state index contributed by atoms with van der Waals surface area (Å²) in [5, 5.41) is 2.41. The first-order valence-corrected chi connectivity index (χ1v) is 10.2. The zero-order chi connectivity index (χ0) is 18.9. The average molecular weight is 413 g/mol. The summed E-state index contributed by atoms with van der Waals surface area (Å²) in [7, 11) is -2.10. The average Bonchev–Trinajstić information content (AvgIpc) is 3.02. The zero-order valence-electron chi connectivity index (χ0n) is 13.7. The monoisotopic (exact) mass is 412 g/mol. The molecule has 0 fully saturated rings. The topological polar surface area (TPSA) is 111 Å². The van der Waals surface area contributed by atoms with Gasteiger partial charge >= 0.3 is 0 Å². The van der Waals surface area contributed by atoms with Crippen molar-refractivity contribution in [2.24, 2.45) is 0 Å². The number of ether oxygens (including phenoxy) is 1. The van der Waals surface area contributed by atoms with E-state index < -0.39 is 20.9 Å². The molecule has 1 amide bonds. The number of nitrogens with zero attached hydrogens (tertiary/aromatic N) is 3. The van der Waals surface area contributed by atoms with Crippen LogP contribution >= 0.6 is 22.9 Å². The summed E-state index contributed by atoms with van der Waals surface area (Å²) in [6.07, 6.45) is 1.09. The molecular weight excluding hydrogens is 400 g/mol. The number of hydrogen-bond acceptors (Lipinski definition) is 8. The molecule has 3 aromatic rings. The van der Waals surface area contributed by atoms with E-state index in [-0.39, 0.29) is 16.5 Å². The third-order valence-electron chi connectivity index (χ3n) is 3.41. The first-order valence-electron chi connectivity index (χ1n) is 7.35. The summed E-state index contributed by atoms with van der Waals surface area (Å²) in [6.45, 7) is 1.46. The van der Waals surface area contributed by atoms with E-state index >= 15 is 0 Å². The molecule has 0 aliphatic heterocycles. The number of methoxy groups -OCH3 is 1. The number of nitrogens with one attached hydrogen (secondary N) is 1. The van der Waals surface area contributed by atoms with Gasteiger partial charge in [0.2, 0.25) is 15.0 Å². The van der Waals surface area contributed by atoms with Gasteiger partial charge in [-0.05, 0) is 18.2 Å². The van der Waals surface area contributed by atoms with Gasteiger partial charge in [-0.2, -0.15) is 0 Å². The highest BCUT2D eigenvalue weighted by Gasteiger charge is 2.21. The highest BCUT2D eigenvalue weighted by Crippen LogP contribution is 2.29. The molecule has 0 unspecified atom stereocenters. The summed E-state index contributed by atoms with van der Waals surface area (Å²) in [6, 6.07) is 5.33. The SMILES string of the molecule is CCS(=O)(=O)c1ncc(Cl)c(C(=O)Nc2nc3ccc(OC)cc3s2)n1. The van der Waals surface area contributed by atoms with Crippen LogP contribution in [-0.4, -0.2) is 42.1 Å².